The molecule has 0 amide bonds. The first-order valence-corrected chi connectivity index (χ1v) is 7.62. The van der Waals surface area contributed by atoms with Crippen LogP contribution in [0.25, 0.3) is 21.5 Å². The zero-order valence-electron chi connectivity index (χ0n) is 12.4. The van der Waals surface area contributed by atoms with Crippen LogP contribution in [0.3, 0.4) is 0 Å². The Morgan fingerprint density at radius 3 is 2.00 bits per heavy atom. The minimum absolute atomic E-state index is 0.922. The van der Waals surface area contributed by atoms with Gasteiger partial charge in [0.25, 0.3) is 0 Å². The first kappa shape index (κ1) is 13.1. The van der Waals surface area contributed by atoms with Gasteiger partial charge in [-0.05, 0) is 51.6 Å². The van der Waals surface area contributed by atoms with E-state index in [1.54, 1.807) is 0 Å². The van der Waals surface area contributed by atoms with Crippen molar-refractivity contribution in [3.8, 4) is 0 Å². The average Bonchev–Trinajstić information content (AvgIpc) is 2.58. The summed E-state index contributed by atoms with van der Waals surface area (Å²) >= 11 is 0. The molecule has 105 valence electrons. The lowest BCUT2D eigenvalue weighted by atomic mass is 9.93. The number of benzene rings is 4. The Morgan fingerprint density at radius 1 is 0.545 bits per heavy atom. The van der Waals surface area contributed by atoms with E-state index in [0.29, 0.717) is 0 Å². The van der Waals surface area contributed by atoms with E-state index in [9.17, 15) is 0 Å². The van der Waals surface area contributed by atoms with Crippen molar-refractivity contribution >= 4 is 21.5 Å². The minimum Gasteiger partial charge on any atom is -0.0616 e. The maximum Gasteiger partial charge on any atom is -0.00167 e. The summed E-state index contributed by atoms with van der Waals surface area (Å²) in [5, 5.41) is 5.14. The Balaban J connectivity index is 1.84. The summed E-state index contributed by atoms with van der Waals surface area (Å²) in [6, 6.07) is 28.0. The van der Waals surface area contributed by atoms with Crippen LogP contribution in [0.5, 0.6) is 0 Å². The number of hydrogen-bond acceptors (Lipinski definition) is 0. The summed E-state index contributed by atoms with van der Waals surface area (Å²) in [4.78, 5) is 0. The second-order valence-corrected chi connectivity index (χ2v) is 5.74. The van der Waals surface area contributed by atoms with Gasteiger partial charge in [0.05, 0.1) is 0 Å². The molecule has 0 saturated heterocycles. The largest absolute Gasteiger partial charge is 0.0616 e. The topological polar surface area (TPSA) is 0 Å². The van der Waals surface area contributed by atoms with Crippen LogP contribution in [0.2, 0.25) is 0 Å². The third-order valence-electron chi connectivity index (χ3n) is 4.40. The Kier molecular flexibility index (Phi) is 3.16. The van der Waals surface area contributed by atoms with Gasteiger partial charge in [-0.2, -0.15) is 0 Å². The van der Waals surface area contributed by atoms with Crippen molar-refractivity contribution in [2.45, 2.75) is 6.42 Å². The van der Waals surface area contributed by atoms with E-state index in [1.165, 1.54) is 32.7 Å². The van der Waals surface area contributed by atoms with E-state index in [0.717, 1.165) is 12.0 Å². The van der Waals surface area contributed by atoms with E-state index in [1.807, 2.05) is 0 Å². The van der Waals surface area contributed by atoms with Gasteiger partial charge in [-0.25, -0.2) is 0 Å². The van der Waals surface area contributed by atoms with Crippen molar-refractivity contribution in [1.82, 2.24) is 0 Å². The maximum atomic E-state index is 4.32. The molecule has 0 saturated carbocycles. The fourth-order valence-corrected chi connectivity index (χ4v) is 3.20. The lowest BCUT2D eigenvalue weighted by Gasteiger charge is -2.11. The smallest absolute Gasteiger partial charge is 0.00167 e. The number of hydrogen-bond donors (Lipinski definition) is 0. The highest BCUT2D eigenvalue weighted by molar-refractivity contribution is 5.89. The van der Waals surface area contributed by atoms with Gasteiger partial charge in [0, 0.05) is 0 Å². The molecule has 0 aliphatic heterocycles. The third kappa shape index (κ3) is 2.17. The minimum atomic E-state index is 0.922. The average molecular weight is 281 g/mol. The van der Waals surface area contributed by atoms with Gasteiger partial charge < -0.3 is 0 Å². The number of rotatable bonds is 2. The fourth-order valence-electron chi connectivity index (χ4n) is 3.20. The van der Waals surface area contributed by atoms with E-state index in [4.69, 9.17) is 0 Å². The SMILES string of the molecule is [CH2]c1c(Cc2cccc3ccccc23)ccc2ccccc12. The molecule has 0 bridgehead atoms. The molecule has 4 rings (SSSR count). The van der Waals surface area contributed by atoms with Gasteiger partial charge in [0.1, 0.15) is 0 Å². The first-order valence-electron chi connectivity index (χ1n) is 7.62. The van der Waals surface area contributed by atoms with Crippen LogP contribution < -0.4 is 0 Å². The van der Waals surface area contributed by atoms with Gasteiger partial charge in [-0.3, -0.25) is 0 Å². The maximum absolute atomic E-state index is 4.32. The molecule has 0 nitrogen and oxygen atoms in total. The molecule has 4 aromatic rings. The number of fused-ring (bicyclic) bond motifs is 2. The highest BCUT2D eigenvalue weighted by Gasteiger charge is 2.06. The summed E-state index contributed by atoms with van der Waals surface area (Å²) < 4.78 is 0. The standard InChI is InChI=1S/C22H17/c1-16-19(14-13-18-8-2-4-11-21(16)18)15-20-10-6-9-17-7-3-5-12-22(17)20/h2-14H,1,15H2. The molecule has 1 radical (unpaired) electrons. The molecule has 4 aromatic carbocycles. The molecule has 0 heterocycles. The summed E-state index contributed by atoms with van der Waals surface area (Å²) in [6.07, 6.45) is 0.922. The normalized spacial score (nSPS) is 11.1. The van der Waals surface area contributed by atoms with Gasteiger partial charge in [0.15, 0.2) is 0 Å². The molecule has 0 unspecified atom stereocenters. The molecule has 0 N–H and O–H groups in total. The quantitative estimate of drug-likeness (QED) is 0.438. The summed E-state index contributed by atoms with van der Waals surface area (Å²) in [5.41, 5.74) is 3.80. The van der Waals surface area contributed by atoms with Crippen LogP contribution in [0.15, 0.2) is 78.9 Å². The molecular weight excluding hydrogens is 264 g/mol. The first-order chi connectivity index (χ1) is 10.8. The molecule has 0 atom stereocenters. The predicted molar refractivity (Wildman–Crippen MR) is 95.2 cm³/mol. The van der Waals surface area contributed by atoms with Crippen molar-refractivity contribution < 1.29 is 0 Å². The van der Waals surface area contributed by atoms with Crippen LogP contribution in [0, 0.1) is 6.92 Å². The van der Waals surface area contributed by atoms with Crippen molar-refractivity contribution in [3.63, 3.8) is 0 Å². The Labute approximate surface area is 131 Å². The Morgan fingerprint density at radius 2 is 1.18 bits per heavy atom. The lowest BCUT2D eigenvalue weighted by molar-refractivity contribution is 1.21. The second-order valence-electron chi connectivity index (χ2n) is 5.74. The van der Waals surface area contributed by atoms with Crippen LogP contribution in [-0.2, 0) is 6.42 Å². The molecule has 0 fully saturated rings. The zero-order valence-corrected chi connectivity index (χ0v) is 12.4. The Bertz CT molecular complexity index is 958. The van der Waals surface area contributed by atoms with E-state index >= 15 is 0 Å². The van der Waals surface area contributed by atoms with E-state index in [-0.39, 0.29) is 0 Å². The summed E-state index contributed by atoms with van der Waals surface area (Å²) in [7, 11) is 0. The highest BCUT2D eigenvalue weighted by atomic mass is 14.1. The molecular formula is C22H17. The van der Waals surface area contributed by atoms with Crippen molar-refractivity contribution in [2.75, 3.05) is 0 Å². The summed E-state index contributed by atoms with van der Waals surface area (Å²) in [5.74, 6) is 0. The molecule has 0 aliphatic rings. The highest BCUT2D eigenvalue weighted by Crippen LogP contribution is 2.26. The molecule has 0 aliphatic carbocycles. The van der Waals surface area contributed by atoms with Crippen molar-refractivity contribution in [3.05, 3.63) is 102 Å². The van der Waals surface area contributed by atoms with Gasteiger partial charge in [0.2, 0.25) is 0 Å². The van der Waals surface area contributed by atoms with Gasteiger partial charge >= 0.3 is 0 Å². The molecule has 22 heavy (non-hydrogen) atoms. The second kappa shape index (κ2) is 5.31. The van der Waals surface area contributed by atoms with Crippen LogP contribution in [0.4, 0.5) is 0 Å². The van der Waals surface area contributed by atoms with Gasteiger partial charge in [-0.1, -0.05) is 78.9 Å². The van der Waals surface area contributed by atoms with Crippen LogP contribution >= 0.6 is 0 Å². The fraction of sp³-hybridized carbons (Fsp3) is 0.0455. The van der Waals surface area contributed by atoms with Gasteiger partial charge in [-0.15, -0.1) is 0 Å². The summed E-state index contributed by atoms with van der Waals surface area (Å²) in [6.45, 7) is 4.32. The van der Waals surface area contributed by atoms with Crippen molar-refractivity contribution in [1.29, 1.82) is 0 Å². The Hall–Kier alpha value is -2.60. The predicted octanol–water partition coefficient (Wildman–Crippen LogP) is 5.77. The molecule has 0 spiro atoms. The van der Waals surface area contributed by atoms with E-state index < -0.39 is 0 Å². The lowest BCUT2D eigenvalue weighted by Crippen LogP contribution is -1.94. The molecule has 0 heteroatoms. The van der Waals surface area contributed by atoms with Crippen LogP contribution in [0.1, 0.15) is 16.7 Å². The third-order valence-corrected chi connectivity index (χ3v) is 4.40. The zero-order chi connectivity index (χ0) is 14.9. The van der Waals surface area contributed by atoms with Crippen LogP contribution in [-0.4, -0.2) is 0 Å². The van der Waals surface area contributed by atoms with E-state index in [2.05, 4.69) is 85.8 Å². The monoisotopic (exact) mass is 281 g/mol. The molecule has 0 aromatic heterocycles. The van der Waals surface area contributed by atoms with Crippen molar-refractivity contribution in [2.24, 2.45) is 0 Å².